The molecule has 1 unspecified atom stereocenters. The Kier molecular flexibility index (Phi) is 5.35. The second-order valence-corrected chi connectivity index (χ2v) is 4.06. The Morgan fingerprint density at radius 3 is 2.77 bits per heavy atom. The first-order valence-corrected chi connectivity index (χ1v) is 5.37. The highest BCUT2D eigenvalue weighted by atomic mass is 15.1. The smallest absolute Gasteiger partial charge is 0.00766 e. The van der Waals surface area contributed by atoms with Crippen LogP contribution in [0.1, 0.15) is 12.8 Å². The maximum absolute atomic E-state index is 3.45. The van der Waals surface area contributed by atoms with Gasteiger partial charge in [-0.1, -0.05) is 0 Å². The van der Waals surface area contributed by atoms with Crippen LogP contribution in [0.5, 0.6) is 0 Å². The normalized spacial score (nSPS) is 24.0. The zero-order valence-corrected chi connectivity index (χ0v) is 8.97. The van der Waals surface area contributed by atoms with Crippen LogP contribution in [-0.2, 0) is 0 Å². The van der Waals surface area contributed by atoms with Gasteiger partial charge in [0.15, 0.2) is 0 Å². The van der Waals surface area contributed by atoms with Crippen LogP contribution < -0.4 is 10.6 Å². The van der Waals surface area contributed by atoms with Gasteiger partial charge in [-0.3, -0.25) is 0 Å². The molecule has 0 aliphatic carbocycles. The summed E-state index contributed by atoms with van der Waals surface area (Å²) in [5.41, 5.74) is 0. The Labute approximate surface area is 81.9 Å². The highest BCUT2D eigenvalue weighted by Gasteiger charge is 2.18. The van der Waals surface area contributed by atoms with Crippen molar-refractivity contribution in [1.29, 1.82) is 0 Å². The third-order valence-corrected chi connectivity index (χ3v) is 2.77. The Hall–Kier alpha value is -0.120. The second-order valence-electron chi connectivity index (χ2n) is 4.06. The van der Waals surface area contributed by atoms with Crippen molar-refractivity contribution in [1.82, 2.24) is 15.5 Å². The topological polar surface area (TPSA) is 27.3 Å². The van der Waals surface area contributed by atoms with Crippen molar-refractivity contribution in [2.24, 2.45) is 5.92 Å². The van der Waals surface area contributed by atoms with Crippen molar-refractivity contribution in [2.75, 3.05) is 46.8 Å². The molecule has 1 saturated heterocycles. The lowest BCUT2D eigenvalue weighted by Gasteiger charge is -2.10. The molecule has 2 N–H and O–H groups in total. The van der Waals surface area contributed by atoms with Gasteiger partial charge in [0.25, 0.3) is 0 Å². The number of hydrogen-bond donors (Lipinski definition) is 2. The van der Waals surface area contributed by atoms with Crippen LogP contribution in [0, 0.1) is 5.92 Å². The van der Waals surface area contributed by atoms with Gasteiger partial charge < -0.3 is 15.5 Å². The van der Waals surface area contributed by atoms with Crippen molar-refractivity contribution in [2.45, 2.75) is 12.8 Å². The van der Waals surface area contributed by atoms with Gasteiger partial charge in [0.2, 0.25) is 0 Å². The molecular weight excluding hydrogens is 162 g/mol. The zero-order chi connectivity index (χ0) is 9.52. The molecule has 0 aromatic carbocycles. The van der Waals surface area contributed by atoms with Gasteiger partial charge in [0, 0.05) is 19.6 Å². The second kappa shape index (κ2) is 6.35. The van der Waals surface area contributed by atoms with E-state index in [4.69, 9.17) is 0 Å². The predicted molar refractivity (Wildman–Crippen MR) is 57.0 cm³/mol. The Balaban J connectivity index is 1.88. The highest BCUT2D eigenvalue weighted by Crippen LogP contribution is 2.16. The molecule has 0 saturated carbocycles. The van der Waals surface area contributed by atoms with E-state index in [-0.39, 0.29) is 0 Å². The van der Waals surface area contributed by atoms with Crippen molar-refractivity contribution >= 4 is 0 Å². The molecule has 0 aromatic rings. The summed E-state index contributed by atoms with van der Waals surface area (Å²) in [6.45, 7) is 5.94. The van der Waals surface area contributed by atoms with E-state index in [0.29, 0.717) is 0 Å². The van der Waals surface area contributed by atoms with Gasteiger partial charge in [0.05, 0.1) is 0 Å². The monoisotopic (exact) mass is 185 g/mol. The maximum Gasteiger partial charge on any atom is 0.00766 e. The largest absolute Gasteiger partial charge is 0.318 e. The average Bonchev–Trinajstić information content (AvgIpc) is 2.51. The molecule has 1 aliphatic rings. The summed E-state index contributed by atoms with van der Waals surface area (Å²) < 4.78 is 0. The predicted octanol–water partition coefficient (Wildman–Crippen LogP) is 0.137. The summed E-state index contributed by atoms with van der Waals surface area (Å²) in [7, 11) is 4.21. The molecule has 1 aliphatic heterocycles. The molecule has 0 bridgehead atoms. The SMILES string of the molecule is CNCCNCCC1CCN(C)C1. The highest BCUT2D eigenvalue weighted by molar-refractivity contribution is 4.73. The molecular formula is C10H23N3. The number of nitrogens with one attached hydrogen (secondary N) is 2. The standard InChI is InChI=1S/C10H23N3/c1-11-6-7-12-5-3-10-4-8-13(2)9-10/h10-12H,3-9H2,1-2H3. The summed E-state index contributed by atoms with van der Waals surface area (Å²) in [4.78, 5) is 2.43. The van der Waals surface area contributed by atoms with E-state index in [0.717, 1.165) is 19.0 Å². The fourth-order valence-corrected chi connectivity index (χ4v) is 1.91. The number of nitrogens with zero attached hydrogens (tertiary/aromatic N) is 1. The first-order chi connectivity index (χ1) is 6.33. The molecule has 3 heteroatoms. The Bertz CT molecular complexity index is 127. The number of hydrogen-bond acceptors (Lipinski definition) is 3. The number of likely N-dealkylation sites (N-methyl/N-ethyl adjacent to an activating group) is 1. The lowest BCUT2D eigenvalue weighted by molar-refractivity contribution is 0.385. The van der Waals surface area contributed by atoms with Crippen LogP contribution in [0.3, 0.4) is 0 Å². The Morgan fingerprint density at radius 1 is 1.31 bits per heavy atom. The summed E-state index contributed by atoms with van der Waals surface area (Å²) in [5, 5.41) is 6.58. The summed E-state index contributed by atoms with van der Waals surface area (Å²) in [6, 6.07) is 0. The van der Waals surface area contributed by atoms with Crippen LogP contribution in [-0.4, -0.2) is 51.7 Å². The lowest BCUT2D eigenvalue weighted by atomic mass is 10.1. The van der Waals surface area contributed by atoms with Crippen molar-refractivity contribution in [3.05, 3.63) is 0 Å². The van der Waals surface area contributed by atoms with Crippen LogP contribution in [0.15, 0.2) is 0 Å². The molecule has 1 fully saturated rings. The quantitative estimate of drug-likeness (QED) is 0.576. The van der Waals surface area contributed by atoms with Gasteiger partial charge >= 0.3 is 0 Å². The summed E-state index contributed by atoms with van der Waals surface area (Å²) in [5.74, 6) is 0.937. The van der Waals surface area contributed by atoms with Gasteiger partial charge in [-0.25, -0.2) is 0 Å². The van der Waals surface area contributed by atoms with E-state index < -0.39 is 0 Å². The van der Waals surface area contributed by atoms with Gasteiger partial charge in [-0.05, 0) is 45.9 Å². The third-order valence-electron chi connectivity index (χ3n) is 2.77. The Morgan fingerprint density at radius 2 is 2.15 bits per heavy atom. The molecule has 1 heterocycles. The van der Waals surface area contributed by atoms with E-state index in [1.54, 1.807) is 0 Å². The summed E-state index contributed by atoms with van der Waals surface area (Å²) >= 11 is 0. The first kappa shape index (κ1) is 11.0. The molecule has 0 amide bonds. The fraction of sp³-hybridized carbons (Fsp3) is 1.00. The zero-order valence-electron chi connectivity index (χ0n) is 8.97. The van der Waals surface area contributed by atoms with Crippen molar-refractivity contribution in [3.8, 4) is 0 Å². The summed E-state index contributed by atoms with van der Waals surface area (Å²) in [6.07, 6.45) is 2.73. The fourth-order valence-electron chi connectivity index (χ4n) is 1.91. The molecule has 0 spiro atoms. The average molecular weight is 185 g/mol. The third kappa shape index (κ3) is 4.60. The minimum atomic E-state index is 0.937. The van der Waals surface area contributed by atoms with Gasteiger partial charge in [0.1, 0.15) is 0 Å². The minimum Gasteiger partial charge on any atom is -0.318 e. The number of likely N-dealkylation sites (tertiary alicyclic amines) is 1. The molecule has 0 aromatic heterocycles. The minimum absolute atomic E-state index is 0.937. The van der Waals surface area contributed by atoms with Crippen molar-refractivity contribution < 1.29 is 0 Å². The molecule has 0 radical (unpaired) electrons. The molecule has 78 valence electrons. The van der Waals surface area contributed by atoms with E-state index in [9.17, 15) is 0 Å². The van der Waals surface area contributed by atoms with Crippen LogP contribution in [0.2, 0.25) is 0 Å². The number of rotatable bonds is 6. The molecule has 3 nitrogen and oxygen atoms in total. The molecule has 13 heavy (non-hydrogen) atoms. The molecule has 1 rings (SSSR count). The van der Waals surface area contributed by atoms with Crippen molar-refractivity contribution in [3.63, 3.8) is 0 Å². The first-order valence-electron chi connectivity index (χ1n) is 5.37. The van der Waals surface area contributed by atoms with E-state index in [2.05, 4.69) is 22.6 Å². The van der Waals surface area contributed by atoms with Crippen LogP contribution >= 0.6 is 0 Å². The van der Waals surface area contributed by atoms with Crippen LogP contribution in [0.25, 0.3) is 0 Å². The van der Waals surface area contributed by atoms with E-state index in [1.807, 2.05) is 7.05 Å². The van der Waals surface area contributed by atoms with Gasteiger partial charge in [-0.15, -0.1) is 0 Å². The molecule has 1 atom stereocenters. The lowest BCUT2D eigenvalue weighted by Crippen LogP contribution is -2.27. The van der Waals surface area contributed by atoms with E-state index >= 15 is 0 Å². The maximum atomic E-state index is 3.45. The van der Waals surface area contributed by atoms with Crippen LogP contribution in [0.4, 0.5) is 0 Å². The van der Waals surface area contributed by atoms with Gasteiger partial charge in [-0.2, -0.15) is 0 Å². The van der Waals surface area contributed by atoms with E-state index in [1.165, 1.54) is 32.5 Å².